The molecule has 2 rings (SSSR count). The van der Waals surface area contributed by atoms with Crippen molar-refractivity contribution in [2.45, 2.75) is 26.4 Å². The highest BCUT2D eigenvalue weighted by atomic mass is 19.4. The molecule has 2 aromatic rings. The minimum Gasteiger partial charge on any atom is -0.352 e. The number of nitrogens with one attached hydrogen (secondary N) is 2. The van der Waals surface area contributed by atoms with Crippen LogP contribution in [0.2, 0.25) is 0 Å². The van der Waals surface area contributed by atoms with Gasteiger partial charge in [-0.05, 0) is 48.7 Å². The van der Waals surface area contributed by atoms with Crippen LogP contribution in [-0.4, -0.2) is 18.4 Å². The molecule has 2 amide bonds. The quantitative estimate of drug-likeness (QED) is 0.763. The Bertz CT molecular complexity index is 800. The summed E-state index contributed by atoms with van der Waals surface area (Å²) >= 11 is 0. The largest absolute Gasteiger partial charge is 0.418 e. The second-order valence-electron chi connectivity index (χ2n) is 6.51. The first kappa shape index (κ1) is 20.5. The van der Waals surface area contributed by atoms with Crippen LogP contribution in [0.1, 0.15) is 46.5 Å². The number of amides is 2. The molecule has 4 nitrogen and oxygen atoms in total. The maximum Gasteiger partial charge on any atom is 0.418 e. The Hall–Kier alpha value is -2.83. The Labute approximate surface area is 155 Å². The summed E-state index contributed by atoms with van der Waals surface area (Å²) in [6.45, 7) is 4.65. The lowest BCUT2D eigenvalue weighted by atomic mass is 10.1. The van der Waals surface area contributed by atoms with E-state index in [-0.39, 0.29) is 17.2 Å². The molecule has 0 heterocycles. The molecule has 0 fully saturated rings. The van der Waals surface area contributed by atoms with E-state index in [0.29, 0.717) is 18.0 Å². The molecule has 2 aromatic carbocycles. The van der Waals surface area contributed by atoms with Gasteiger partial charge in [-0.1, -0.05) is 26.0 Å². The fourth-order valence-electron chi connectivity index (χ4n) is 2.38. The summed E-state index contributed by atoms with van der Waals surface area (Å²) < 4.78 is 39.0. The van der Waals surface area contributed by atoms with Crippen molar-refractivity contribution in [2.75, 3.05) is 11.9 Å². The summed E-state index contributed by atoms with van der Waals surface area (Å²) in [5.41, 5.74) is -0.693. The van der Waals surface area contributed by atoms with E-state index in [1.165, 1.54) is 42.5 Å². The monoisotopic (exact) mass is 378 g/mol. The van der Waals surface area contributed by atoms with E-state index in [1.807, 2.05) is 0 Å². The summed E-state index contributed by atoms with van der Waals surface area (Å²) in [5, 5.41) is 5.05. The van der Waals surface area contributed by atoms with Crippen LogP contribution < -0.4 is 10.6 Å². The molecule has 0 aromatic heterocycles. The minimum atomic E-state index is -4.57. The normalized spacial score (nSPS) is 11.3. The first-order valence-corrected chi connectivity index (χ1v) is 8.54. The van der Waals surface area contributed by atoms with Gasteiger partial charge in [0.2, 0.25) is 0 Å². The molecule has 0 bridgehead atoms. The standard InChI is InChI=1S/C20H21F3N2O2/c1-13(2)11-12-24-18(26)14-7-9-15(10-8-14)19(27)25-17-6-4-3-5-16(17)20(21,22)23/h3-10,13H,11-12H2,1-2H3,(H,24,26)(H,25,27). The molecule has 7 heteroatoms. The summed E-state index contributed by atoms with van der Waals surface area (Å²) in [5.74, 6) is -0.473. The molecule has 0 aliphatic heterocycles. The van der Waals surface area contributed by atoms with E-state index < -0.39 is 17.6 Å². The van der Waals surface area contributed by atoms with Gasteiger partial charge in [0.05, 0.1) is 11.3 Å². The number of alkyl halides is 3. The predicted octanol–water partition coefficient (Wildman–Crippen LogP) is 4.73. The molecule has 0 unspecified atom stereocenters. The van der Waals surface area contributed by atoms with Crippen molar-refractivity contribution >= 4 is 17.5 Å². The van der Waals surface area contributed by atoms with E-state index in [1.54, 1.807) is 0 Å². The van der Waals surface area contributed by atoms with Crippen molar-refractivity contribution in [2.24, 2.45) is 5.92 Å². The van der Waals surface area contributed by atoms with E-state index in [0.717, 1.165) is 12.5 Å². The van der Waals surface area contributed by atoms with Gasteiger partial charge in [0.15, 0.2) is 0 Å². The lowest BCUT2D eigenvalue weighted by Crippen LogP contribution is -2.25. The third kappa shape index (κ3) is 5.84. The molecule has 0 radical (unpaired) electrons. The number of para-hydroxylation sites is 1. The Kier molecular flexibility index (Phi) is 6.60. The van der Waals surface area contributed by atoms with Gasteiger partial charge in [-0.3, -0.25) is 9.59 Å². The summed E-state index contributed by atoms with van der Waals surface area (Å²) in [7, 11) is 0. The highest BCUT2D eigenvalue weighted by Crippen LogP contribution is 2.34. The molecule has 0 saturated heterocycles. The number of carbonyl (C=O) groups excluding carboxylic acids is 2. The topological polar surface area (TPSA) is 58.2 Å². The van der Waals surface area contributed by atoms with Crippen LogP contribution in [0.25, 0.3) is 0 Å². The van der Waals surface area contributed by atoms with Crippen LogP contribution >= 0.6 is 0 Å². The van der Waals surface area contributed by atoms with Crippen LogP contribution in [0.15, 0.2) is 48.5 Å². The number of hydrogen-bond acceptors (Lipinski definition) is 2. The highest BCUT2D eigenvalue weighted by Gasteiger charge is 2.33. The molecule has 2 N–H and O–H groups in total. The third-order valence-electron chi connectivity index (χ3n) is 3.90. The van der Waals surface area contributed by atoms with E-state index >= 15 is 0 Å². The van der Waals surface area contributed by atoms with Gasteiger partial charge in [0.25, 0.3) is 11.8 Å². The Balaban J connectivity index is 2.05. The number of benzene rings is 2. The average molecular weight is 378 g/mol. The van der Waals surface area contributed by atoms with Crippen LogP contribution in [0, 0.1) is 5.92 Å². The minimum absolute atomic E-state index is 0.158. The number of rotatable bonds is 6. The number of halogens is 3. The molecule has 0 atom stereocenters. The van der Waals surface area contributed by atoms with Gasteiger partial charge in [-0.15, -0.1) is 0 Å². The Morgan fingerprint density at radius 3 is 2.04 bits per heavy atom. The van der Waals surface area contributed by atoms with Gasteiger partial charge in [0, 0.05) is 17.7 Å². The smallest absolute Gasteiger partial charge is 0.352 e. The van der Waals surface area contributed by atoms with Gasteiger partial charge >= 0.3 is 6.18 Å². The zero-order valence-electron chi connectivity index (χ0n) is 15.1. The number of carbonyl (C=O) groups is 2. The van der Waals surface area contributed by atoms with E-state index in [4.69, 9.17) is 0 Å². The number of anilines is 1. The maximum atomic E-state index is 13.0. The molecule has 144 valence electrons. The zero-order chi connectivity index (χ0) is 20.0. The van der Waals surface area contributed by atoms with Crippen molar-refractivity contribution in [3.05, 3.63) is 65.2 Å². The second-order valence-corrected chi connectivity index (χ2v) is 6.51. The SMILES string of the molecule is CC(C)CCNC(=O)c1ccc(C(=O)Nc2ccccc2C(F)(F)F)cc1. The average Bonchev–Trinajstić information content (AvgIpc) is 2.61. The van der Waals surface area contributed by atoms with E-state index in [2.05, 4.69) is 24.5 Å². The maximum absolute atomic E-state index is 13.0. The third-order valence-corrected chi connectivity index (χ3v) is 3.90. The highest BCUT2D eigenvalue weighted by molar-refractivity contribution is 6.05. The Morgan fingerprint density at radius 1 is 0.926 bits per heavy atom. The second kappa shape index (κ2) is 8.70. The zero-order valence-corrected chi connectivity index (χ0v) is 15.1. The Morgan fingerprint density at radius 2 is 1.48 bits per heavy atom. The van der Waals surface area contributed by atoms with Crippen molar-refractivity contribution in [3.8, 4) is 0 Å². The van der Waals surface area contributed by atoms with Crippen LogP contribution in [0.5, 0.6) is 0 Å². The van der Waals surface area contributed by atoms with Gasteiger partial charge < -0.3 is 10.6 Å². The first-order valence-electron chi connectivity index (χ1n) is 8.54. The number of hydrogen-bond donors (Lipinski definition) is 2. The van der Waals surface area contributed by atoms with Gasteiger partial charge in [-0.25, -0.2) is 0 Å². The molecule has 0 saturated carbocycles. The van der Waals surface area contributed by atoms with Crippen molar-refractivity contribution in [1.29, 1.82) is 0 Å². The molecular formula is C20H21F3N2O2. The van der Waals surface area contributed by atoms with Gasteiger partial charge in [-0.2, -0.15) is 13.2 Å². The molecule has 0 aliphatic carbocycles. The molecule has 27 heavy (non-hydrogen) atoms. The molecule has 0 spiro atoms. The lowest BCUT2D eigenvalue weighted by molar-refractivity contribution is -0.136. The fraction of sp³-hybridized carbons (Fsp3) is 0.300. The first-order chi connectivity index (χ1) is 12.7. The van der Waals surface area contributed by atoms with Crippen molar-refractivity contribution in [1.82, 2.24) is 5.32 Å². The van der Waals surface area contributed by atoms with Crippen LogP contribution in [0.3, 0.4) is 0 Å². The van der Waals surface area contributed by atoms with E-state index in [9.17, 15) is 22.8 Å². The molecule has 0 aliphatic rings. The predicted molar refractivity (Wildman–Crippen MR) is 97.6 cm³/mol. The van der Waals surface area contributed by atoms with Crippen LogP contribution in [0.4, 0.5) is 18.9 Å². The van der Waals surface area contributed by atoms with Crippen LogP contribution in [-0.2, 0) is 6.18 Å². The summed E-state index contributed by atoms with van der Waals surface area (Å²) in [6, 6.07) is 10.5. The summed E-state index contributed by atoms with van der Waals surface area (Å²) in [4.78, 5) is 24.3. The fourth-order valence-corrected chi connectivity index (χ4v) is 2.38. The van der Waals surface area contributed by atoms with Crippen molar-refractivity contribution in [3.63, 3.8) is 0 Å². The van der Waals surface area contributed by atoms with Gasteiger partial charge in [0.1, 0.15) is 0 Å². The summed E-state index contributed by atoms with van der Waals surface area (Å²) in [6.07, 6.45) is -3.72. The molecular weight excluding hydrogens is 357 g/mol. The van der Waals surface area contributed by atoms with Crippen molar-refractivity contribution < 1.29 is 22.8 Å². The lowest BCUT2D eigenvalue weighted by Gasteiger charge is -2.13.